The van der Waals surface area contributed by atoms with Gasteiger partial charge in [-0.2, -0.15) is 0 Å². The normalized spacial score (nSPS) is 15.6. The monoisotopic (exact) mass is 432 g/mol. The smallest absolute Gasteiger partial charge is 0.197 e. The minimum atomic E-state index is 0.536. The van der Waals surface area contributed by atoms with Gasteiger partial charge in [-0.15, -0.1) is 28.1 Å². The molecule has 2 aliphatic carbocycles. The summed E-state index contributed by atoms with van der Waals surface area (Å²) >= 11 is 3.42. The zero-order chi connectivity index (χ0) is 20.1. The van der Waals surface area contributed by atoms with Gasteiger partial charge in [-0.3, -0.25) is 4.98 Å². The van der Waals surface area contributed by atoms with Crippen molar-refractivity contribution >= 4 is 33.3 Å². The Labute approximate surface area is 182 Å². The fourth-order valence-electron chi connectivity index (χ4n) is 4.07. The van der Waals surface area contributed by atoms with Crippen LogP contribution in [0.5, 0.6) is 0 Å². The van der Waals surface area contributed by atoms with Crippen molar-refractivity contribution in [1.82, 2.24) is 29.7 Å². The molecule has 0 N–H and O–H groups in total. The summed E-state index contributed by atoms with van der Waals surface area (Å²) < 4.78 is 2.19. The van der Waals surface area contributed by atoms with Crippen LogP contribution in [0.1, 0.15) is 41.4 Å². The summed E-state index contributed by atoms with van der Waals surface area (Å²) in [7, 11) is 0. The molecule has 6 rings (SSSR count). The summed E-state index contributed by atoms with van der Waals surface area (Å²) in [5.41, 5.74) is 2.36. The van der Waals surface area contributed by atoms with Crippen LogP contribution in [0.25, 0.3) is 21.6 Å². The maximum atomic E-state index is 5.00. The summed E-state index contributed by atoms with van der Waals surface area (Å²) in [5, 5.41) is 12.1. The summed E-state index contributed by atoms with van der Waals surface area (Å²) in [5.74, 6) is 2.33. The Kier molecular flexibility index (Phi) is 4.42. The molecule has 2 aliphatic rings. The molecule has 6 nitrogen and oxygen atoms in total. The summed E-state index contributed by atoms with van der Waals surface area (Å²) in [6.07, 6.45) is 11.4. The lowest BCUT2D eigenvalue weighted by atomic mass is 10.2. The van der Waals surface area contributed by atoms with Crippen molar-refractivity contribution in [3.8, 4) is 11.4 Å². The highest BCUT2D eigenvalue weighted by atomic mass is 32.2. The predicted molar refractivity (Wildman–Crippen MR) is 119 cm³/mol. The summed E-state index contributed by atoms with van der Waals surface area (Å²) in [6.45, 7) is 4.65. The van der Waals surface area contributed by atoms with Gasteiger partial charge in [-0.1, -0.05) is 6.08 Å². The van der Waals surface area contributed by atoms with Gasteiger partial charge in [0, 0.05) is 40.7 Å². The number of nitrogens with zero attached hydrogens (tertiary/aromatic N) is 6. The molecular formula is C22H20N6S2. The van der Waals surface area contributed by atoms with Gasteiger partial charge in [0.05, 0.1) is 0 Å². The van der Waals surface area contributed by atoms with Crippen molar-refractivity contribution in [2.75, 3.05) is 0 Å². The van der Waals surface area contributed by atoms with Gasteiger partial charge in [0.2, 0.25) is 0 Å². The zero-order valence-electron chi connectivity index (χ0n) is 16.4. The molecule has 4 aromatic heterocycles. The molecule has 4 heterocycles. The molecular weight excluding hydrogens is 412 g/mol. The summed E-state index contributed by atoms with van der Waals surface area (Å²) in [6, 6.07) is 3.93. The van der Waals surface area contributed by atoms with Crippen molar-refractivity contribution < 1.29 is 0 Å². The minimum absolute atomic E-state index is 0.536. The second kappa shape index (κ2) is 7.28. The molecule has 0 atom stereocenters. The molecule has 8 heteroatoms. The van der Waals surface area contributed by atoms with Crippen LogP contribution in [-0.2, 0) is 19.4 Å². The van der Waals surface area contributed by atoms with E-state index in [2.05, 4.69) is 26.3 Å². The highest BCUT2D eigenvalue weighted by Crippen LogP contribution is 2.44. The first kappa shape index (κ1) is 18.2. The van der Waals surface area contributed by atoms with E-state index in [4.69, 9.17) is 9.97 Å². The van der Waals surface area contributed by atoms with Crippen LogP contribution >= 0.6 is 23.1 Å². The van der Waals surface area contributed by atoms with E-state index in [1.165, 1.54) is 35.1 Å². The van der Waals surface area contributed by atoms with Crippen LogP contribution in [0.2, 0.25) is 0 Å². The lowest BCUT2D eigenvalue weighted by molar-refractivity contribution is 0.681. The maximum absolute atomic E-state index is 5.00. The number of aryl methyl sites for hydroxylation is 2. The second-order valence-corrected chi connectivity index (χ2v) is 9.79. The molecule has 0 saturated heterocycles. The van der Waals surface area contributed by atoms with Crippen LogP contribution < -0.4 is 0 Å². The molecule has 0 amide bonds. The SMILES string of the molecule is C=CCn1c(Sc2nc(-c3cccnc3)nc3sc4c(c23)CCC4)nnc1C1CC1. The van der Waals surface area contributed by atoms with Crippen LogP contribution in [0.3, 0.4) is 0 Å². The zero-order valence-corrected chi connectivity index (χ0v) is 18.0. The lowest BCUT2D eigenvalue weighted by Crippen LogP contribution is -2.03. The standard InChI is InChI=1S/C22H20N6S2/c1-2-11-28-19(13-8-9-13)26-27-22(28)30-21-17-15-6-3-7-16(15)29-20(17)24-18(25-21)14-5-4-10-23-12-14/h2,4-5,10,12-13H,1,3,6-9,11H2. The molecule has 1 fully saturated rings. The Morgan fingerprint density at radius 2 is 2.17 bits per heavy atom. The number of aromatic nitrogens is 6. The van der Waals surface area contributed by atoms with Gasteiger partial charge in [-0.05, 0) is 61.6 Å². The highest BCUT2D eigenvalue weighted by Gasteiger charge is 2.31. The van der Waals surface area contributed by atoms with E-state index in [9.17, 15) is 0 Å². The highest BCUT2D eigenvalue weighted by molar-refractivity contribution is 7.99. The van der Waals surface area contributed by atoms with E-state index < -0.39 is 0 Å². The topological polar surface area (TPSA) is 69.4 Å². The number of hydrogen-bond donors (Lipinski definition) is 0. The van der Waals surface area contributed by atoms with Gasteiger partial charge < -0.3 is 4.57 Å². The second-order valence-electron chi connectivity index (χ2n) is 7.75. The fraction of sp³-hybridized carbons (Fsp3) is 0.318. The first-order chi connectivity index (χ1) is 14.8. The third-order valence-corrected chi connectivity index (χ3v) is 7.80. The molecule has 0 aliphatic heterocycles. The van der Waals surface area contributed by atoms with Gasteiger partial charge in [0.25, 0.3) is 0 Å². The van der Waals surface area contributed by atoms with Crippen molar-refractivity contribution in [2.24, 2.45) is 0 Å². The van der Waals surface area contributed by atoms with E-state index in [0.29, 0.717) is 12.5 Å². The molecule has 0 radical (unpaired) electrons. The Morgan fingerprint density at radius 3 is 2.97 bits per heavy atom. The van der Waals surface area contributed by atoms with E-state index in [1.54, 1.807) is 18.0 Å². The van der Waals surface area contributed by atoms with Crippen LogP contribution in [-0.4, -0.2) is 29.7 Å². The molecule has 0 unspecified atom stereocenters. The molecule has 0 aromatic carbocycles. The quantitative estimate of drug-likeness (QED) is 0.314. The van der Waals surface area contributed by atoms with Crippen molar-refractivity contribution in [3.63, 3.8) is 0 Å². The Balaban J connectivity index is 1.51. The Morgan fingerprint density at radius 1 is 1.23 bits per heavy atom. The average Bonchev–Trinajstić information content (AvgIpc) is 3.22. The molecule has 0 bridgehead atoms. The average molecular weight is 433 g/mol. The minimum Gasteiger partial charge on any atom is -0.302 e. The summed E-state index contributed by atoms with van der Waals surface area (Å²) in [4.78, 5) is 16.7. The van der Waals surface area contributed by atoms with Gasteiger partial charge in [-0.25, -0.2) is 9.97 Å². The number of allylic oxidation sites excluding steroid dienone is 1. The molecule has 30 heavy (non-hydrogen) atoms. The third kappa shape index (κ3) is 3.06. The largest absolute Gasteiger partial charge is 0.302 e. The fourth-order valence-corrected chi connectivity index (χ4v) is 6.38. The molecule has 4 aromatic rings. The number of fused-ring (bicyclic) bond motifs is 3. The van der Waals surface area contributed by atoms with Crippen LogP contribution in [0, 0.1) is 0 Å². The third-order valence-electron chi connectivity index (χ3n) is 5.64. The van der Waals surface area contributed by atoms with Crippen LogP contribution in [0.4, 0.5) is 0 Å². The van der Waals surface area contributed by atoms with Crippen molar-refractivity contribution in [3.05, 3.63) is 53.4 Å². The number of thiophene rings is 1. The number of hydrogen-bond acceptors (Lipinski definition) is 7. The van der Waals surface area contributed by atoms with E-state index >= 15 is 0 Å². The van der Waals surface area contributed by atoms with E-state index in [1.807, 2.05) is 35.7 Å². The maximum Gasteiger partial charge on any atom is 0.197 e. The first-order valence-corrected chi connectivity index (χ1v) is 11.9. The van der Waals surface area contributed by atoms with E-state index in [-0.39, 0.29) is 0 Å². The lowest BCUT2D eigenvalue weighted by Gasteiger charge is -2.09. The molecule has 1 saturated carbocycles. The first-order valence-electron chi connectivity index (χ1n) is 10.3. The van der Waals surface area contributed by atoms with Gasteiger partial charge >= 0.3 is 0 Å². The Hall–Kier alpha value is -2.58. The van der Waals surface area contributed by atoms with E-state index in [0.717, 1.165) is 45.1 Å². The predicted octanol–water partition coefficient (Wildman–Crippen LogP) is 5.05. The number of rotatable bonds is 6. The van der Waals surface area contributed by atoms with Crippen molar-refractivity contribution in [1.29, 1.82) is 0 Å². The number of pyridine rings is 1. The van der Waals surface area contributed by atoms with Crippen molar-refractivity contribution in [2.45, 2.75) is 54.7 Å². The van der Waals surface area contributed by atoms with Crippen LogP contribution in [0.15, 0.2) is 47.4 Å². The van der Waals surface area contributed by atoms with Gasteiger partial charge in [0.1, 0.15) is 15.7 Å². The van der Waals surface area contributed by atoms with Gasteiger partial charge in [0.15, 0.2) is 11.0 Å². The molecule has 0 spiro atoms. The Bertz CT molecular complexity index is 1260. The molecule has 150 valence electrons.